The summed E-state index contributed by atoms with van der Waals surface area (Å²) in [4.78, 5) is 25.7. The molecule has 4 rings (SSSR count). The van der Waals surface area contributed by atoms with Gasteiger partial charge in [0.15, 0.2) is 4.32 Å². The molecule has 3 aromatic rings. The molecule has 0 aliphatic carbocycles. The molecule has 0 spiro atoms. The summed E-state index contributed by atoms with van der Waals surface area (Å²) < 4.78 is 6.28. The SMILES string of the molecule is O=C(O)c1ccc(-c2ccc(C=C3SC(=S)N(c4ccccc4)C3=O)o2)cc1. The highest BCUT2D eigenvalue weighted by Gasteiger charge is 2.33. The zero-order chi connectivity index (χ0) is 19.7. The largest absolute Gasteiger partial charge is 0.478 e. The van der Waals surface area contributed by atoms with Gasteiger partial charge in [0, 0.05) is 11.6 Å². The molecule has 0 unspecified atom stereocenters. The van der Waals surface area contributed by atoms with Crippen LogP contribution in [0.5, 0.6) is 0 Å². The van der Waals surface area contributed by atoms with E-state index in [0.29, 0.717) is 20.7 Å². The van der Waals surface area contributed by atoms with Crippen LogP contribution < -0.4 is 4.90 Å². The van der Waals surface area contributed by atoms with Crippen LogP contribution in [0.25, 0.3) is 17.4 Å². The predicted molar refractivity (Wildman–Crippen MR) is 113 cm³/mol. The van der Waals surface area contributed by atoms with Gasteiger partial charge in [-0.15, -0.1) is 0 Å². The summed E-state index contributed by atoms with van der Waals surface area (Å²) in [5, 5.41) is 8.98. The summed E-state index contributed by atoms with van der Waals surface area (Å²) in [5.41, 5.74) is 1.69. The molecular weight excluding hydrogens is 394 g/mol. The van der Waals surface area contributed by atoms with E-state index >= 15 is 0 Å². The van der Waals surface area contributed by atoms with E-state index in [9.17, 15) is 9.59 Å². The van der Waals surface area contributed by atoms with Crippen molar-refractivity contribution in [3.05, 3.63) is 83.0 Å². The van der Waals surface area contributed by atoms with E-state index in [-0.39, 0.29) is 11.5 Å². The Kier molecular flexibility index (Phi) is 4.85. The molecular formula is C21H13NO4S2. The van der Waals surface area contributed by atoms with Gasteiger partial charge in [-0.3, -0.25) is 9.69 Å². The summed E-state index contributed by atoms with van der Waals surface area (Å²) in [6.45, 7) is 0. The number of aromatic carboxylic acids is 1. The van der Waals surface area contributed by atoms with Crippen LogP contribution in [-0.4, -0.2) is 21.3 Å². The van der Waals surface area contributed by atoms with Gasteiger partial charge in [0.05, 0.1) is 16.2 Å². The summed E-state index contributed by atoms with van der Waals surface area (Å²) in [7, 11) is 0. The Morgan fingerprint density at radius 1 is 1.04 bits per heavy atom. The quantitative estimate of drug-likeness (QED) is 0.482. The lowest BCUT2D eigenvalue weighted by Gasteiger charge is -2.13. The zero-order valence-electron chi connectivity index (χ0n) is 14.4. The molecule has 1 N–H and O–H groups in total. The number of carbonyl (C=O) groups is 2. The first-order valence-corrected chi connectivity index (χ1v) is 9.52. The molecule has 2 heterocycles. The second-order valence-electron chi connectivity index (χ2n) is 5.94. The van der Waals surface area contributed by atoms with E-state index in [0.717, 1.165) is 11.3 Å². The fraction of sp³-hybridized carbons (Fsp3) is 0. The van der Waals surface area contributed by atoms with Gasteiger partial charge in [-0.2, -0.15) is 0 Å². The van der Waals surface area contributed by atoms with Crippen LogP contribution in [0.4, 0.5) is 5.69 Å². The predicted octanol–water partition coefficient (Wildman–Crippen LogP) is 5.05. The number of carboxylic acid groups (broad SMARTS) is 1. The topological polar surface area (TPSA) is 70.8 Å². The number of thioether (sulfide) groups is 1. The Morgan fingerprint density at radius 3 is 2.43 bits per heavy atom. The molecule has 1 aromatic heterocycles. The molecule has 5 nitrogen and oxygen atoms in total. The highest BCUT2D eigenvalue weighted by Crippen LogP contribution is 2.36. The van der Waals surface area contributed by atoms with Crippen LogP contribution in [0, 0.1) is 0 Å². The van der Waals surface area contributed by atoms with Crippen LogP contribution >= 0.6 is 24.0 Å². The zero-order valence-corrected chi connectivity index (χ0v) is 16.0. The molecule has 7 heteroatoms. The second-order valence-corrected chi connectivity index (χ2v) is 7.61. The molecule has 28 heavy (non-hydrogen) atoms. The van der Waals surface area contributed by atoms with Gasteiger partial charge in [-0.1, -0.05) is 54.3 Å². The van der Waals surface area contributed by atoms with E-state index in [1.54, 1.807) is 30.3 Å². The standard InChI is InChI=1S/C21H13NO4S2/c23-19-18(28-21(27)22(19)15-4-2-1-3-5-15)12-16-10-11-17(26-16)13-6-8-14(9-7-13)20(24)25/h1-12H,(H,24,25). The van der Waals surface area contributed by atoms with Crippen molar-refractivity contribution in [3.8, 4) is 11.3 Å². The van der Waals surface area contributed by atoms with E-state index in [4.69, 9.17) is 21.7 Å². The number of hydrogen-bond donors (Lipinski definition) is 1. The molecule has 2 aromatic carbocycles. The molecule has 1 saturated heterocycles. The van der Waals surface area contributed by atoms with Crippen LogP contribution in [0.1, 0.15) is 16.1 Å². The molecule has 1 amide bonds. The van der Waals surface area contributed by atoms with Crippen LogP contribution in [0.15, 0.2) is 76.1 Å². The first-order valence-electron chi connectivity index (χ1n) is 8.29. The number of nitrogens with zero attached hydrogens (tertiary/aromatic N) is 1. The number of carbonyl (C=O) groups excluding carboxylic acids is 1. The molecule has 1 aliphatic heterocycles. The van der Waals surface area contributed by atoms with E-state index < -0.39 is 5.97 Å². The number of furan rings is 1. The minimum absolute atomic E-state index is 0.190. The monoisotopic (exact) mass is 407 g/mol. The van der Waals surface area contributed by atoms with Gasteiger partial charge < -0.3 is 9.52 Å². The third-order valence-corrected chi connectivity index (χ3v) is 5.43. The number of benzene rings is 2. The number of amides is 1. The van der Waals surface area contributed by atoms with E-state index in [1.807, 2.05) is 30.3 Å². The lowest BCUT2D eigenvalue weighted by Crippen LogP contribution is -2.27. The minimum Gasteiger partial charge on any atom is -0.478 e. The number of para-hydroxylation sites is 1. The lowest BCUT2D eigenvalue weighted by molar-refractivity contribution is -0.113. The van der Waals surface area contributed by atoms with Crippen molar-refractivity contribution in [2.75, 3.05) is 4.90 Å². The Labute approximate surface area is 170 Å². The van der Waals surface area contributed by atoms with Crippen LogP contribution in [0.3, 0.4) is 0 Å². The van der Waals surface area contributed by atoms with Crippen LogP contribution in [0.2, 0.25) is 0 Å². The number of hydrogen-bond acceptors (Lipinski definition) is 5. The van der Waals surface area contributed by atoms with Gasteiger partial charge in [0.25, 0.3) is 5.91 Å². The summed E-state index contributed by atoms with van der Waals surface area (Å²) in [6, 6.07) is 19.2. The van der Waals surface area contributed by atoms with Crippen molar-refractivity contribution < 1.29 is 19.1 Å². The average Bonchev–Trinajstić information content (AvgIpc) is 3.27. The minimum atomic E-state index is -0.980. The van der Waals surface area contributed by atoms with Gasteiger partial charge >= 0.3 is 5.97 Å². The Hall–Kier alpha value is -3.16. The first-order chi connectivity index (χ1) is 13.5. The van der Waals surface area contributed by atoms with Crippen molar-refractivity contribution in [1.82, 2.24) is 0 Å². The fourth-order valence-electron chi connectivity index (χ4n) is 2.76. The molecule has 1 fully saturated rings. The summed E-state index contributed by atoms with van der Waals surface area (Å²) in [6.07, 6.45) is 1.66. The smallest absolute Gasteiger partial charge is 0.335 e. The maximum atomic E-state index is 12.8. The molecule has 1 aliphatic rings. The average molecular weight is 407 g/mol. The highest BCUT2D eigenvalue weighted by atomic mass is 32.2. The van der Waals surface area contributed by atoms with Crippen LogP contribution in [-0.2, 0) is 4.79 Å². The number of thiocarbonyl (C=S) groups is 1. The van der Waals surface area contributed by atoms with Crippen molar-refractivity contribution in [3.63, 3.8) is 0 Å². The molecule has 0 saturated carbocycles. The second kappa shape index (κ2) is 7.46. The Bertz CT molecular complexity index is 1100. The molecule has 0 radical (unpaired) electrons. The highest BCUT2D eigenvalue weighted by molar-refractivity contribution is 8.27. The van der Waals surface area contributed by atoms with Gasteiger partial charge in [-0.25, -0.2) is 4.79 Å². The molecule has 0 bridgehead atoms. The van der Waals surface area contributed by atoms with E-state index in [2.05, 4.69) is 0 Å². The number of anilines is 1. The maximum absolute atomic E-state index is 12.8. The first kappa shape index (κ1) is 18.2. The number of rotatable bonds is 4. The van der Waals surface area contributed by atoms with E-state index in [1.165, 1.54) is 28.8 Å². The van der Waals surface area contributed by atoms with Gasteiger partial charge in [0.1, 0.15) is 11.5 Å². The Balaban J connectivity index is 1.58. The Morgan fingerprint density at radius 2 is 1.75 bits per heavy atom. The molecule has 0 atom stereocenters. The van der Waals surface area contributed by atoms with Crippen molar-refractivity contribution in [2.45, 2.75) is 0 Å². The van der Waals surface area contributed by atoms with Crippen molar-refractivity contribution in [2.24, 2.45) is 0 Å². The van der Waals surface area contributed by atoms with Crippen molar-refractivity contribution >= 4 is 51.9 Å². The van der Waals surface area contributed by atoms with Gasteiger partial charge in [0.2, 0.25) is 0 Å². The normalized spacial score (nSPS) is 15.4. The fourth-order valence-corrected chi connectivity index (χ4v) is 4.04. The summed E-state index contributed by atoms with van der Waals surface area (Å²) in [5.74, 6) is -0.0651. The summed E-state index contributed by atoms with van der Waals surface area (Å²) >= 11 is 6.58. The van der Waals surface area contributed by atoms with Gasteiger partial charge in [-0.05, 0) is 36.4 Å². The van der Waals surface area contributed by atoms with Crippen molar-refractivity contribution in [1.29, 1.82) is 0 Å². The third kappa shape index (κ3) is 3.49. The lowest BCUT2D eigenvalue weighted by atomic mass is 10.1. The maximum Gasteiger partial charge on any atom is 0.335 e. The molecule has 138 valence electrons. The number of carboxylic acids is 1. The third-order valence-electron chi connectivity index (χ3n) is 4.12.